The van der Waals surface area contributed by atoms with E-state index in [1.54, 1.807) is 7.11 Å². The van der Waals surface area contributed by atoms with Gasteiger partial charge >= 0.3 is 0 Å². The predicted octanol–water partition coefficient (Wildman–Crippen LogP) is 4.11. The second kappa shape index (κ2) is 9.55. The van der Waals surface area contributed by atoms with Crippen molar-refractivity contribution in [2.45, 2.75) is 26.2 Å². The molecule has 1 N–H and O–H groups in total. The first-order valence-corrected chi connectivity index (χ1v) is 9.18. The number of amides is 1. The lowest BCUT2D eigenvalue weighted by Crippen LogP contribution is -2.15. The summed E-state index contributed by atoms with van der Waals surface area (Å²) in [5.41, 5.74) is 2.12. The molecule has 0 bridgehead atoms. The molecule has 0 radical (unpaired) electrons. The molecule has 0 fully saturated rings. The molecule has 2 aromatic carbocycles. The van der Waals surface area contributed by atoms with Gasteiger partial charge in [0.05, 0.1) is 20.1 Å². The lowest BCUT2D eigenvalue weighted by Gasteiger charge is -2.07. The molecule has 146 valence electrons. The van der Waals surface area contributed by atoms with Crippen molar-refractivity contribution in [1.29, 1.82) is 0 Å². The minimum absolute atomic E-state index is 0.207. The molecule has 0 unspecified atom stereocenters. The number of rotatable bonds is 9. The molecule has 0 aliphatic heterocycles. The highest BCUT2D eigenvalue weighted by molar-refractivity contribution is 5.94. The minimum atomic E-state index is -0.207. The number of nitrogens with zero attached hydrogens (tertiary/aromatic N) is 2. The molecular weight excluding hydrogens is 358 g/mol. The molecule has 0 saturated carbocycles. The Morgan fingerprint density at radius 1 is 1.04 bits per heavy atom. The number of hydrogen-bond acceptors (Lipinski definition) is 6. The summed E-state index contributed by atoms with van der Waals surface area (Å²) >= 11 is 0. The maximum Gasteiger partial charge on any atom is 0.230 e. The highest BCUT2D eigenvalue weighted by Crippen LogP contribution is 2.26. The summed E-state index contributed by atoms with van der Waals surface area (Å²) in [7, 11) is 1.60. The highest BCUT2D eigenvalue weighted by Gasteiger charge is 2.15. The van der Waals surface area contributed by atoms with Crippen molar-refractivity contribution in [2.75, 3.05) is 19.0 Å². The molecule has 3 aromatic rings. The number of anilines is 1. The second-order valence-electron chi connectivity index (χ2n) is 6.26. The zero-order chi connectivity index (χ0) is 19.8. The number of ether oxygens (including phenoxy) is 2. The van der Waals surface area contributed by atoms with Gasteiger partial charge in [-0.25, -0.2) is 4.63 Å². The molecule has 1 amide bonds. The van der Waals surface area contributed by atoms with Crippen molar-refractivity contribution in [2.24, 2.45) is 0 Å². The van der Waals surface area contributed by atoms with Gasteiger partial charge in [0, 0.05) is 5.56 Å². The van der Waals surface area contributed by atoms with Gasteiger partial charge in [-0.3, -0.25) is 4.79 Å². The molecule has 0 aliphatic rings. The molecule has 7 nitrogen and oxygen atoms in total. The Kier molecular flexibility index (Phi) is 6.62. The quantitative estimate of drug-likeness (QED) is 0.562. The maximum atomic E-state index is 12.3. The van der Waals surface area contributed by atoms with Gasteiger partial charge in [0.25, 0.3) is 0 Å². The van der Waals surface area contributed by atoms with E-state index >= 15 is 0 Å². The van der Waals surface area contributed by atoms with Crippen molar-refractivity contribution in [1.82, 2.24) is 10.3 Å². The molecule has 0 aliphatic carbocycles. The number of hydrogen-bond donors (Lipinski definition) is 1. The third kappa shape index (κ3) is 5.09. The number of benzene rings is 2. The van der Waals surface area contributed by atoms with Crippen LogP contribution in [0.1, 0.15) is 25.3 Å². The Balaban J connectivity index is 1.63. The van der Waals surface area contributed by atoms with Crippen molar-refractivity contribution in [3.63, 3.8) is 0 Å². The summed E-state index contributed by atoms with van der Waals surface area (Å²) in [6.07, 6.45) is 2.31. The zero-order valence-corrected chi connectivity index (χ0v) is 16.0. The number of methoxy groups -OCH3 is 1. The van der Waals surface area contributed by atoms with Crippen LogP contribution in [0.25, 0.3) is 11.3 Å². The van der Waals surface area contributed by atoms with Gasteiger partial charge in [0.1, 0.15) is 11.5 Å². The third-order valence-electron chi connectivity index (χ3n) is 4.16. The van der Waals surface area contributed by atoms with Crippen LogP contribution in [-0.4, -0.2) is 29.9 Å². The van der Waals surface area contributed by atoms with Crippen LogP contribution in [0, 0.1) is 0 Å². The molecular formula is C21H23N3O4. The lowest BCUT2D eigenvalue weighted by molar-refractivity contribution is -0.115. The van der Waals surface area contributed by atoms with E-state index in [-0.39, 0.29) is 18.1 Å². The minimum Gasteiger partial charge on any atom is -0.497 e. The summed E-state index contributed by atoms with van der Waals surface area (Å²) in [6, 6.07) is 14.8. The fourth-order valence-corrected chi connectivity index (χ4v) is 2.61. The SMILES string of the molecule is CCCCOc1ccc(-c2nonc2NC(=O)Cc2ccc(OC)cc2)cc1. The Hall–Kier alpha value is -3.35. The summed E-state index contributed by atoms with van der Waals surface area (Å²) in [5.74, 6) is 1.62. The molecule has 3 rings (SSSR count). The fourth-order valence-electron chi connectivity index (χ4n) is 2.61. The van der Waals surface area contributed by atoms with Crippen LogP contribution in [0.3, 0.4) is 0 Å². The van der Waals surface area contributed by atoms with Gasteiger partial charge in [-0.2, -0.15) is 0 Å². The average Bonchev–Trinajstić information content (AvgIpc) is 3.17. The molecule has 7 heteroatoms. The van der Waals surface area contributed by atoms with Crippen LogP contribution >= 0.6 is 0 Å². The number of aromatic nitrogens is 2. The first-order chi connectivity index (χ1) is 13.7. The second-order valence-corrected chi connectivity index (χ2v) is 6.26. The Morgan fingerprint density at radius 3 is 2.43 bits per heavy atom. The van der Waals surface area contributed by atoms with E-state index in [4.69, 9.17) is 14.1 Å². The number of carbonyl (C=O) groups excluding carboxylic acids is 1. The van der Waals surface area contributed by atoms with Crippen LogP contribution in [-0.2, 0) is 11.2 Å². The first-order valence-electron chi connectivity index (χ1n) is 9.18. The molecule has 0 spiro atoms. The number of nitrogens with one attached hydrogen (secondary N) is 1. The van der Waals surface area contributed by atoms with Crippen molar-refractivity contribution >= 4 is 11.7 Å². The van der Waals surface area contributed by atoms with E-state index in [1.807, 2.05) is 48.5 Å². The van der Waals surface area contributed by atoms with E-state index < -0.39 is 0 Å². The molecule has 1 aromatic heterocycles. The highest BCUT2D eigenvalue weighted by atomic mass is 16.6. The summed E-state index contributed by atoms with van der Waals surface area (Å²) < 4.78 is 15.6. The molecule has 0 saturated heterocycles. The van der Waals surface area contributed by atoms with Gasteiger partial charge in [-0.1, -0.05) is 25.5 Å². The first kappa shape index (κ1) is 19.4. The summed E-state index contributed by atoms with van der Waals surface area (Å²) in [4.78, 5) is 12.3. The van der Waals surface area contributed by atoms with Crippen molar-refractivity contribution < 1.29 is 18.9 Å². The maximum absolute atomic E-state index is 12.3. The van der Waals surface area contributed by atoms with Crippen molar-refractivity contribution in [3.05, 3.63) is 54.1 Å². The Morgan fingerprint density at radius 2 is 1.75 bits per heavy atom. The van der Waals surface area contributed by atoms with Crippen LogP contribution in [0.15, 0.2) is 53.2 Å². The average molecular weight is 381 g/mol. The molecule has 1 heterocycles. The van der Waals surface area contributed by atoms with E-state index in [2.05, 4.69) is 22.6 Å². The largest absolute Gasteiger partial charge is 0.497 e. The van der Waals surface area contributed by atoms with E-state index in [1.165, 1.54) is 0 Å². The normalized spacial score (nSPS) is 10.5. The number of unbranched alkanes of at least 4 members (excludes halogenated alkanes) is 1. The van der Waals surface area contributed by atoms with E-state index in [9.17, 15) is 4.79 Å². The van der Waals surface area contributed by atoms with Crippen molar-refractivity contribution in [3.8, 4) is 22.8 Å². The molecule has 28 heavy (non-hydrogen) atoms. The number of carbonyl (C=O) groups is 1. The van der Waals surface area contributed by atoms with Gasteiger partial charge in [-0.15, -0.1) is 0 Å². The Labute approximate surface area is 163 Å². The molecule has 0 atom stereocenters. The zero-order valence-electron chi connectivity index (χ0n) is 16.0. The monoisotopic (exact) mass is 381 g/mol. The third-order valence-corrected chi connectivity index (χ3v) is 4.16. The predicted molar refractivity (Wildman–Crippen MR) is 105 cm³/mol. The summed E-state index contributed by atoms with van der Waals surface area (Å²) in [6.45, 7) is 2.81. The van der Waals surface area contributed by atoms with Crippen LogP contribution in [0.4, 0.5) is 5.82 Å². The Bertz CT molecular complexity index is 889. The smallest absolute Gasteiger partial charge is 0.230 e. The lowest BCUT2D eigenvalue weighted by atomic mass is 10.1. The van der Waals surface area contributed by atoms with Gasteiger partial charge < -0.3 is 14.8 Å². The summed E-state index contributed by atoms with van der Waals surface area (Å²) in [5, 5.41) is 10.5. The topological polar surface area (TPSA) is 86.5 Å². The van der Waals surface area contributed by atoms with Gasteiger partial charge in [0.15, 0.2) is 5.69 Å². The van der Waals surface area contributed by atoms with E-state index in [0.29, 0.717) is 12.3 Å². The van der Waals surface area contributed by atoms with Gasteiger partial charge in [0.2, 0.25) is 11.7 Å². The van der Waals surface area contributed by atoms with E-state index in [0.717, 1.165) is 35.5 Å². The van der Waals surface area contributed by atoms with Crippen LogP contribution in [0.5, 0.6) is 11.5 Å². The fraction of sp³-hybridized carbons (Fsp3) is 0.286. The standard InChI is InChI=1S/C21H23N3O4/c1-3-4-13-27-18-11-7-16(8-12-18)20-21(24-28-23-20)22-19(25)14-15-5-9-17(26-2)10-6-15/h5-12H,3-4,13-14H2,1-2H3,(H,22,24,25). The van der Waals surface area contributed by atoms with Gasteiger partial charge in [-0.05, 0) is 58.7 Å². The van der Waals surface area contributed by atoms with Crippen LogP contribution < -0.4 is 14.8 Å². The van der Waals surface area contributed by atoms with Crippen LogP contribution in [0.2, 0.25) is 0 Å².